The second-order valence-electron chi connectivity index (χ2n) is 7.53. The second kappa shape index (κ2) is 6.19. The molecule has 150 valence electrons. The molecule has 2 aromatic carbocycles. The second-order valence-corrected chi connectivity index (χ2v) is 7.53. The minimum atomic E-state index is -1.01. The number of hydrogen-bond acceptors (Lipinski definition) is 5. The number of nitrogens with zero attached hydrogens (tertiary/aromatic N) is 2. The summed E-state index contributed by atoms with van der Waals surface area (Å²) in [5.74, 6) is 1.22. The number of anilines is 1. The number of aromatic nitrogens is 1. The van der Waals surface area contributed by atoms with Crippen molar-refractivity contribution in [2.45, 2.75) is 12.0 Å². The summed E-state index contributed by atoms with van der Waals surface area (Å²) in [6.45, 7) is 1.14. The maximum Gasteiger partial charge on any atom is 0.246 e. The van der Waals surface area contributed by atoms with Crippen molar-refractivity contribution in [1.29, 1.82) is 0 Å². The van der Waals surface area contributed by atoms with Crippen LogP contribution >= 0.6 is 0 Å². The van der Waals surface area contributed by atoms with Crippen molar-refractivity contribution < 1.29 is 23.4 Å². The molecule has 3 aliphatic heterocycles. The van der Waals surface area contributed by atoms with Gasteiger partial charge < -0.3 is 19.1 Å². The SMILES string of the molecule is O=C1N(Cc2ncccc2F)c2ccccc2[C@]12COc1cc3c(cc12)OCCO3. The lowest BCUT2D eigenvalue weighted by Gasteiger charge is -2.24. The van der Waals surface area contributed by atoms with Gasteiger partial charge in [0.15, 0.2) is 11.5 Å². The quantitative estimate of drug-likeness (QED) is 0.657. The number of carbonyl (C=O) groups is 1. The number of para-hydroxylation sites is 1. The maximum absolute atomic E-state index is 14.3. The van der Waals surface area contributed by atoms with Crippen LogP contribution in [0.3, 0.4) is 0 Å². The zero-order chi connectivity index (χ0) is 20.3. The molecule has 0 radical (unpaired) electrons. The Morgan fingerprint density at radius 3 is 2.60 bits per heavy atom. The van der Waals surface area contributed by atoms with Gasteiger partial charge in [-0.05, 0) is 29.8 Å². The molecule has 3 aromatic rings. The summed E-state index contributed by atoms with van der Waals surface area (Å²) in [5.41, 5.74) is 1.53. The summed E-state index contributed by atoms with van der Waals surface area (Å²) in [6.07, 6.45) is 1.53. The Kier molecular flexibility index (Phi) is 3.56. The fourth-order valence-electron chi connectivity index (χ4n) is 4.55. The van der Waals surface area contributed by atoms with Gasteiger partial charge in [-0.3, -0.25) is 9.78 Å². The van der Waals surface area contributed by atoms with E-state index in [1.165, 1.54) is 18.3 Å². The van der Waals surface area contributed by atoms with Gasteiger partial charge in [0.05, 0.1) is 12.2 Å². The van der Waals surface area contributed by atoms with Gasteiger partial charge in [0, 0.05) is 23.5 Å². The molecular formula is C23H17FN2O4. The molecule has 0 saturated heterocycles. The molecule has 0 fully saturated rings. The molecule has 0 unspecified atom stereocenters. The van der Waals surface area contributed by atoms with E-state index in [1.54, 1.807) is 11.0 Å². The summed E-state index contributed by atoms with van der Waals surface area (Å²) in [4.78, 5) is 19.6. The number of amides is 1. The van der Waals surface area contributed by atoms with Gasteiger partial charge in [-0.2, -0.15) is 0 Å². The van der Waals surface area contributed by atoms with Crippen LogP contribution in [0.4, 0.5) is 10.1 Å². The van der Waals surface area contributed by atoms with Gasteiger partial charge in [-0.1, -0.05) is 18.2 Å². The van der Waals surface area contributed by atoms with E-state index >= 15 is 0 Å². The van der Waals surface area contributed by atoms with E-state index in [4.69, 9.17) is 14.2 Å². The molecule has 1 spiro atoms. The van der Waals surface area contributed by atoms with Crippen molar-refractivity contribution in [1.82, 2.24) is 4.98 Å². The molecule has 1 amide bonds. The topological polar surface area (TPSA) is 60.9 Å². The van der Waals surface area contributed by atoms with E-state index in [2.05, 4.69) is 4.98 Å². The van der Waals surface area contributed by atoms with Gasteiger partial charge in [0.2, 0.25) is 5.91 Å². The number of halogens is 1. The first-order valence-electron chi connectivity index (χ1n) is 9.76. The van der Waals surface area contributed by atoms with Crippen molar-refractivity contribution in [2.75, 3.05) is 24.7 Å². The summed E-state index contributed by atoms with van der Waals surface area (Å²) < 4.78 is 31.7. The smallest absolute Gasteiger partial charge is 0.246 e. The summed E-state index contributed by atoms with van der Waals surface area (Å²) in [6, 6.07) is 14.1. The zero-order valence-corrected chi connectivity index (χ0v) is 15.9. The van der Waals surface area contributed by atoms with Crippen molar-refractivity contribution in [3.8, 4) is 17.2 Å². The molecule has 6 nitrogen and oxygen atoms in total. The van der Waals surface area contributed by atoms with Crippen LogP contribution in [0, 0.1) is 5.82 Å². The minimum absolute atomic E-state index is 0.0458. The van der Waals surface area contributed by atoms with Gasteiger partial charge >= 0.3 is 0 Å². The van der Waals surface area contributed by atoms with Crippen LogP contribution in [0.15, 0.2) is 54.7 Å². The predicted octanol–water partition coefficient (Wildman–Crippen LogP) is 3.22. The zero-order valence-electron chi connectivity index (χ0n) is 15.9. The highest BCUT2D eigenvalue weighted by Gasteiger charge is 2.57. The number of carbonyl (C=O) groups excluding carboxylic acids is 1. The number of hydrogen-bond donors (Lipinski definition) is 0. The first kappa shape index (κ1) is 17.3. The van der Waals surface area contributed by atoms with Gasteiger partial charge in [-0.25, -0.2) is 4.39 Å². The fourth-order valence-corrected chi connectivity index (χ4v) is 4.55. The molecule has 6 rings (SSSR count). The fraction of sp³-hybridized carbons (Fsp3) is 0.217. The Hall–Kier alpha value is -3.61. The molecular weight excluding hydrogens is 387 g/mol. The van der Waals surface area contributed by atoms with Crippen LogP contribution in [0.25, 0.3) is 0 Å². The van der Waals surface area contributed by atoms with Crippen LogP contribution in [0.2, 0.25) is 0 Å². The van der Waals surface area contributed by atoms with Crippen LogP contribution in [-0.2, 0) is 16.8 Å². The largest absolute Gasteiger partial charge is 0.491 e. The minimum Gasteiger partial charge on any atom is -0.491 e. The molecule has 0 bridgehead atoms. The van der Waals surface area contributed by atoms with Crippen LogP contribution in [0.1, 0.15) is 16.8 Å². The standard InChI is InChI=1S/C23H17FN2O4/c24-16-5-3-7-25-17(16)12-26-18-6-2-1-4-14(18)23(22(26)27)13-30-19-11-21-20(10-15(19)23)28-8-9-29-21/h1-7,10-11H,8-9,12-13H2/t23-/m0/s1. The third kappa shape index (κ3) is 2.23. The highest BCUT2D eigenvalue weighted by atomic mass is 19.1. The highest BCUT2D eigenvalue weighted by Crippen LogP contribution is 2.54. The van der Waals surface area contributed by atoms with Crippen molar-refractivity contribution >= 4 is 11.6 Å². The molecule has 4 heterocycles. The number of pyridine rings is 1. The maximum atomic E-state index is 14.3. The van der Waals surface area contributed by atoms with Crippen molar-refractivity contribution in [3.63, 3.8) is 0 Å². The Labute approximate surface area is 171 Å². The van der Waals surface area contributed by atoms with Gasteiger partial charge in [0.25, 0.3) is 0 Å². The molecule has 1 atom stereocenters. The Morgan fingerprint density at radius 2 is 1.77 bits per heavy atom. The third-order valence-corrected chi connectivity index (χ3v) is 5.96. The van der Waals surface area contributed by atoms with E-state index in [0.717, 1.165) is 16.8 Å². The van der Waals surface area contributed by atoms with Gasteiger partial charge in [0.1, 0.15) is 36.8 Å². The average molecular weight is 404 g/mol. The van der Waals surface area contributed by atoms with Crippen molar-refractivity contribution in [2.24, 2.45) is 0 Å². The summed E-state index contributed by atoms with van der Waals surface area (Å²) in [7, 11) is 0. The Bertz CT molecular complexity index is 1200. The van der Waals surface area contributed by atoms with E-state index in [9.17, 15) is 9.18 Å². The molecule has 1 aromatic heterocycles. The molecule has 0 aliphatic carbocycles. The average Bonchev–Trinajstić information content (AvgIpc) is 3.26. The molecule has 30 heavy (non-hydrogen) atoms. The Balaban J connectivity index is 1.50. The first-order chi connectivity index (χ1) is 14.7. The first-order valence-corrected chi connectivity index (χ1v) is 9.76. The van der Waals surface area contributed by atoms with E-state index in [1.807, 2.05) is 30.3 Å². The van der Waals surface area contributed by atoms with Crippen LogP contribution in [0.5, 0.6) is 17.2 Å². The Morgan fingerprint density at radius 1 is 0.967 bits per heavy atom. The monoisotopic (exact) mass is 404 g/mol. The number of rotatable bonds is 2. The molecule has 7 heteroatoms. The summed E-state index contributed by atoms with van der Waals surface area (Å²) in [5, 5.41) is 0. The molecule has 3 aliphatic rings. The third-order valence-electron chi connectivity index (χ3n) is 5.96. The summed E-state index contributed by atoms with van der Waals surface area (Å²) >= 11 is 0. The lowest BCUT2D eigenvalue weighted by Crippen LogP contribution is -2.42. The normalized spacial score (nSPS) is 20.8. The van der Waals surface area contributed by atoms with Crippen LogP contribution in [-0.4, -0.2) is 30.7 Å². The number of fused-ring (bicyclic) bond motifs is 5. The molecule has 0 saturated carbocycles. The molecule has 0 N–H and O–H groups in total. The van der Waals surface area contributed by atoms with Gasteiger partial charge in [-0.15, -0.1) is 0 Å². The number of ether oxygens (including phenoxy) is 3. The highest BCUT2D eigenvalue weighted by molar-refractivity contribution is 6.11. The van der Waals surface area contributed by atoms with Crippen molar-refractivity contribution in [3.05, 3.63) is 77.4 Å². The lowest BCUT2D eigenvalue weighted by molar-refractivity contribution is -0.122. The van der Waals surface area contributed by atoms with Crippen LogP contribution < -0.4 is 19.1 Å². The predicted molar refractivity (Wildman–Crippen MR) is 106 cm³/mol. The van der Waals surface area contributed by atoms with E-state index < -0.39 is 11.2 Å². The lowest BCUT2D eigenvalue weighted by atomic mass is 9.77. The van der Waals surface area contributed by atoms with E-state index in [0.29, 0.717) is 30.5 Å². The van der Waals surface area contributed by atoms with E-state index in [-0.39, 0.29) is 24.8 Å². The number of benzene rings is 2.